The summed E-state index contributed by atoms with van der Waals surface area (Å²) in [5, 5.41) is 2.54. The Morgan fingerprint density at radius 1 is 0.470 bits per heavy atom. The number of hydrogen-bond acceptors (Lipinski definition) is 1. The zero-order valence-corrected chi connectivity index (χ0v) is 37.1. The number of rotatable bonds is 7. The summed E-state index contributed by atoms with van der Waals surface area (Å²) in [7, 11) is 0. The van der Waals surface area contributed by atoms with Crippen molar-refractivity contribution in [3.63, 3.8) is 0 Å². The van der Waals surface area contributed by atoms with E-state index in [1.165, 1.54) is 83.1 Å². The van der Waals surface area contributed by atoms with Crippen LogP contribution in [0.5, 0.6) is 0 Å². The van der Waals surface area contributed by atoms with Gasteiger partial charge in [0, 0.05) is 45.0 Å². The summed E-state index contributed by atoms with van der Waals surface area (Å²) in [6, 6.07) is 83.5. The molecule has 0 spiro atoms. The van der Waals surface area contributed by atoms with E-state index in [9.17, 15) is 0 Å². The Kier molecular flexibility index (Phi) is 8.64. The molecule has 3 aliphatic carbocycles. The fourth-order valence-electron chi connectivity index (χ4n) is 12.3. The Morgan fingerprint density at radius 2 is 1.03 bits per heavy atom. The van der Waals surface area contributed by atoms with Crippen LogP contribution in [-0.4, -0.2) is 4.57 Å². The topological polar surface area (TPSA) is 8.17 Å². The van der Waals surface area contributed by atoms with Crippen LogP contribution in [0, 0.1) is 5.92 Å². The second kappa shape index (κ2) is 14.8. The lowest BCUT2D eigenvalue weighted by Gasteiger charge is -2.40. The van der Waals surface area contributed by atoms with E-state index in [-0.39, 0.29) is 17.3 Å². The van der Waals surface area contributed by atoms with Crippen molar-refractivity contribution in [1.29, 1.82) is 0 Å². The van der Waals surface area contributed by atoms with Crippen LogP contribution < -0.4 is 4.90 Å². The first kappa shape index (κ1) is 38.5. The Balaban J connectivity index is 1.09. The van der Waals surface area contributed by atoms with Gasteiger partial charge in [-0.15, -0.1) is 0 Å². The third-order valence-corrected chi connectivity index (χ3v) is 15.1. The fraction of sp³-hybridized carbons (Fsp3) is 0.0938. The number of hydrogen-bond donors (Lipinski definition) is 0. The monoisotopic (exact) mass is 844 g/mol. The Labute approximate surface area is 387 Å². The maximum atomic E-state index is 2.63. The van der Waals surface area contributed by atoms with Crippen molar-refractivity contribution >= 4 is 33.2 Å². The molecule has 314 valence electrons. The van der Waals surface area contributed by atoms with Gasteiger partial charge in [-0.1, -0.05) is 214 Å². The van der Waals surface area contributed by atoms with Gasteiger partial charge in [0.2, 0.25) is 0 Å². The van der Waals surface area contributed by atoms with Crippen molar-refractivity contribution in [2.45, 2.75) is 30.6 Å². The van der Waals surface area contributed by atoms with E-state index in [0.717, 1.165) is 17.1 Å². The van der Waals surface area contributed by atoms with Crippen LogP contribution in [0.4, 0.5) is 11.4 Å². The van der Waals surface area contributed by atoms with Gasteiger partial charge in [-0.3, -0.25) is 0 Å². The van der Waals surface area contributed by atoms with Gasteiger partial charge in [-0.05, 0) is 92.5 Å². The average molecular weight is 845 g/mol. The van der Waals surface area contributed by atoms with E-state index in [2.05, 4.69) is 266 Å². The second-order valence-corrected chi connectivity index (χ2v) is 18.8. The molecule has 0 fully saturated rings. The van der Waals surface area contributed by atoms with E-state index in [1.807, 2.05) is 0 Å². The molecule has 0 N–H and O–H groups in total. The number of aromatic nitrogens is 1. The quantitative estimate of drug-likeness (QED) is 0.155. The summed E-state index contributed by atoms with van der Waals surface area (Å²) in [5.41, 5.74) is 19.6. The maximum absolute atomic E-state index is 2.63. The molecule has 2 unspecified atom stereocenters. The lowest BCUT2D eigenvalue weighted by Crippen LogP contribution is -2.36. The number of allylic oxidation sites excluding steroid dienone is 3. The van der Waals surface area contributed by atoms with Gasteiger partial charge in [-0.25, -0.2) is 0 Å². The summed E-state index contributed by atoms with van der Waals surface area (Å²) >= 11 is 0. The smallest absolute Gasteiger partial charge is 0.0541 e. The molecule has 2 heteroatoms. The van der Waals surface area contributed by atoms with Gasteiger partial charge in [-0.2, -0.15) is 0 Å². The highest BCUT2D eigenvalue weighted by Gasteiger charge is 2.54. The van der Waals surface area contributed by atoms with Gasteiger partial charge in [0.15, 0.2) is 0 Å². The number of para-hydroxylation sites is 3. The van der Waals surface area contributed by atoms with Gasteiger partial charge < -0.3 is 9.47 Å². The molecule has 1 heterocycles. The van der Waals surface area contributed by atoms with Crippen molar-refractivity contribution in [2.24, 2.45) is 5.92 Å². The minimum Gasteiger partial charge on any atom is -0.310 e. The van der Waals surface area contributed by atoms with Gasteiger partial charge in [0.25, 0.3) is 0 Å². The highest BCUT2D eigenvalue weighted by molar-refractivity contribution is 6.09. The first-order valence-electron chi connectivity index (χ1n) is 23.4. The van der Waals surface area contributed by atoms with E-state index in [0.29, 0.717) is 0 Å². The predicted molar refractivity (Wildman–Crippen MR) is 275 cm³/mol. The molecule has 1 aromatic heterocycles. The lowest BCUT2D eigenvalue weighted by molar-refractivity contribution is 0.453. The third kappa shape index (κ3) is 5.48. The minimum absolute atomic E-state index is 0.0213. The first-order valence-corrected chi connectivity index (χ1v) is 23.4. The van der Waals surface area contributed by atoms with Gasteiger partial charge in [0.1, 0.15) is 0 Å². The SMILES string of the molecule is CC1(C)c2ccccc2-c2ccc(N(C3=CC4C(C=C3)c3c(-n5c6ccccc6c6ccccc65)cccc3C4(c3ccccc3)c3ccccc3)c3ccccc3-c3ccccc3)cc21. The molecule has 10 aromatic rings. The van der Waals surface area contributed by atoms with E-state index < -0.39 is 5.41 Å². The molecule has 0 bridgehead atoms. The van der Waals surface area contributed by atoms with Crippen LogP contribution in [0.3, 0.4) is 0 Å². The van der Waals surface area contributed by atoms with Crippen LogP contribution >= 0.6 is 0 Å². The number of anilines is 2. The van der Waals surface area contributed by atoms with Crippen molar-refractivity contribution < 1.29 is 0 Å². The number of benzene rings is 9. The molecule has 0 amide bonds. The van der Waals surface area contributed by atoms with E-state index >= 15 is 0 Å². The molecular weight excluding hydrogens is 797 g/mol. The second-order valence-electron chi connectivity index (χ2n) is 18.8. The van der Waals surface area contributed by atoms with Crippen LogP contribution in [0.15, 0.2) is 248 Å². The molecule has 0 radical (unpaired) electrons. The van der Waals surface area contributed by atoms with Crippen molar-refractivity contribution in [2.75, 3.05) is 4.90 Å². The summed E-state index contributed by atoms with van der Waals surface area (Å²) in [4.78, 5) is 2.55. The van der Waals surface area contributed by atoms with Gasteiger partial charge in [0.05, 0.1) is 27.8 Å². The predicted octanol–water partition coefficient (Wildman–Crippen LogP) is 16.1. The molecular formula is C64H48N2. The third-order valence-electron chi connectivity index (χ3n) is 15.1. The Bertz CT molecular complexity index is 3480. The molecule has 2 atom stereocenters. The fourth-order valence-corrected chi connectivity index (χ4v) is 12.3. The molecule has 13 rings (SSSR count). The van der Waals surface area contributed by atoms with Crippen LogP contribution in [0.2, 0.25) is 0 Å². The summed E-state index contributed by atoms with van der Waals surface area (Å²) in [6.45, 7) is 4.76. The van der Waals surface area contributed by atoms with Gasteiger partial charge >= 0.3 is 0 Å². The zero-order chi connectivity index (χ0) is 44.0. The summed E-state index contributed by atoms with van der Waals surface area (Å²) in [5.74, 6) is 0.0907. The standard InChI is InChI=1S/C64H48N2/c1-63(2)54-31-16-12-28-49(54)50-39-37-46(41-56(50)63)65(58-33-17-13-27-48(58)43-21-6-3-7-22-43)47-38-40-53-57(42-47)64(44-23-8-4-9-24-44,45-25-10-5-11-26-45)55-32-20-36-61(62(53)55)66-59-34-18-14-29-51(59)52-30-15-19-35-60(52)66/h3-42,53,57H,1-2H3. The molecule has 0 saturated carbocycles. The molecule has 66 heavy (non-hydrogen) atoms. The molecule has 9 aromatic carbocycles. The van der Waals surface area contributed by atoms with E-state index in [1.54, 1.807) is 0 Å². The minimum atomic E-state index is -0.514. The van der Waals surface area contributed by atoms with Crippen LogP contribution in [0.1, 0.15) is 53.1 Å². The van der Waals surface area contributed by atoms with Crippen LogP contribution in [-0.2, 0) is 10.8 Å². The maximum Gasteiger partial charge on any atom is 0.0541 e. The van der Waals surface area contributed by atoms with Crippen LogP contribution in [0.25, 0.3) is 49.7 Å². The van der Waals surface area contributed by atoms with Crippen molar-refractivity contribution in [3.8, 4) is 27.9 Å². The van der Waals surface area contributed by atoms with Crippen molar-refractivity contribution in [1.82, 2.24) is 4.57 Å². The summed E-state index contributed by atoms with van der Waals surface area (Å²) in [6.07, 6.45) is 7.60. The number of fused-ring (bicyclic) bond motifs is 9. The normalized spacial score (nSPS) is 17.2. The highest BCUT2D eigenvalue weighted by atomic mass is 15.2. The molecule has 2 nitrogen and oxygen atoms in total. The Morgan fingerprint density at radius 3 is 1.73 bits per heavy atom. The molecule has 0 saturated heterocycles. The van der Waals surface area contributed by atoms with E-state index in [4.69, 9.17) is 0 Å². The highest BCUT2D eigenvalue weighted by Crippen LogP contribution is 2.62. The number of nitrogens with zero attached hydrogens (tertiary/aromatic N) is 2. The zero-order valence-electron chi connectivity index (χ0n) is 37.1. The molecule has 3 aliphatic rings. The molecule has 0 aliphatic heterocycles. The Hall–Kier alpha value is -7.94. The lowest BCUT2D eigenvalue weighted by atomic mass is 9.63. The largest absolute Gasteiger partial charge is 0.310 e. The van der Waals surface area contributed by atoms with Crippen molar-refractivity contribution in [3.05, 3.63) is 282 Å². The first-order chi connectivity index (χ1) is 32.5. The average Bonchev–Trinajstić information content (AvgIpc) is 3.96. The summed E-state index contributed by atoms with van der Waals surface area (Å²) < 4.78 is 2.53.